The van der Waals surface area contributed by atoms with Crippen LogP contribution in [0, 0.1) is 5.41 Å². The summed E-state index contributed by atoms with van der Waals surface area (Å²) >= 11 is 3.36. The molecule has 0 saturated carbocycles. The summed E-state index contributed by atoms with van der Waals surface area (Å²) in [4.78, 5) is 0. The summed E-state index contributed by atoms with van der Waals surface area (Å²) in [5, 5.41) is 9.67. The zero-order chi connectivity index (χ0) is 10.9. The molecular weight excluding hydrogens is 277 g/mol. The van der Waals surface area contributed by atoms with E-state index in [0.717, 1.165) is 10.0 Å². The molecule has 15 heavy (non-hydrogen) atoms. The molecular formula is C11H17BrClNO. The Kier molecular flexibility index (Phi) is 5.10. The van der Waals surface area contributed by atoms with Crippen LogP contribution in [0.25, 0.3) is 0 Å². The number of phenols is 1. The van der Waals surface area contributed by atoms with Crippen molar-refractivity contribution in [3.05, 3.63) is 28.2 Å². The lowest BCUT2D eigenvalue weighted by Crippen LogP contribution is -2.26. The van der Waals surface area contributed by atoms with Gasteiger partial charge in [0.15, 0.2) is 0 Å². The van der Waals surface area contributed by atoms with E-state index in [-0.39, 0.29) is 29.6 Å². The van der Waals surface area contributed by atoms with E-state index in [2.05, 4.69) is 36.7 Å². The van der Waals surface area contributed by atoms with Crippen LogP contribution in [-0.2, 0) is 0 Å². The summed E-state index contributed by atoms with van der Waals surface area (Å²) in [6.07, 6.45) is 0. The lowest BCUT2D eigenvalue weighted by molar-refractivity contribution is 0.317. The van der Waals surface area contributed by atoms with Crippen molar-refractivity contribution in [2.45, 2.75) is 26.8 Å². The van der Waals surface area contributed by atoms with Gasteiger partial charge in [0.1, 0.15) is 5.75 Å². The van der Waals surface area contributed by atoms with Crippen LogP contribution in [-0.4, -0.2) is 5.11 Å². The molecule has 0 bridgehead atoms. The third-order valence-electron chi connectivity index (χ3n) is 2.26. The van der Waals surface area contributed by atoms with Gasteiger partial charge in [-0.25, -0.2) is 0 Å². The molecule has 1 rings (SSSR count). The summed E-state index contributed by atoms with van der Waals surface area (Å²) in [5.41, 5.74) is 6.79. The minimum absolute atomic E-state index is 0. The maximum atomic E-state index is 9.67. The van der Waals surface area contributed by atoms with E-state index >= 15 is 0 Å². The van der Waals surface area contributed by atoms with E-state index in [9.17, 15) is 5.11 Å². The number of phenolic OH excluding ortho intramolecular Hbond substituents is 1. The number of benzene rings is 1. The number of halogens is 2. The van der Waals surface area contributed by atoms with Gasteiger partial charge in [-0.15, -0.1) is 12.4 Å². The van der Waals surface area contributed by atoms with Gasteiger partial charge in [-0.3, -0.25) is 0 Å². The van der Waals surface area contributed by atoms with Gasteiger partial charge in [-0.1, -0.05) is 36.7 Å². The maximum Gasteiger partial charge on any atom is 0.120 e. The van der Waals surface area contributed by atoms with E-state index in [4.69, 9.17) is 5.73 Å². The van der Waals surface area contributed by atoms with Crippen LogP contribution in [0.1, 0.15) is 32.4 Å². The first kappa shape index (κ1) is 14.8. The van der Waals surface area contributed by atoms with Gasteiger partial charge >= 0.3 is 0 Å². The Morgan fingerprint density at radius 2 is 1.87 bits per heavy atom. The van der Waals surface area contributed by atoms with E-state index in [1.165, 1.54) is 0 Å². The number of rotatable bonds is 1. The monoisotopic (exact) mass is 293 g/mol. The van der Waals surface area contributed by atoms with Crippen LogP contribution >= 0.6 is 28.3 Å². The van der Waals surface area contributed by atoms with Crippen molar-refractivity contribution in [2.24, 2.45) is 11.1 Å². The topological polar surface area (TPSA) is 46.2 Å². The Hall–Kier alpha value is -0.250. The second-order valence-electron chi connectivity index (χ2n) is 4.55. The van der Waals surface area contributed by atoms with E-state index < -0.39 is 0 Å². The average Bonchev–Trinajstić information content (AvgIpc) is 2.06. The minimum atomic E-state index is -0.167. The number of hydrogen-bond donors (Lipinski definition) is 2. The molecule has 0 aromatic heterocycles. The first-order valence-electron chi connectivity index (χ1n) is 4.56. The molecule has 0 amide bonds. The number of aromatic hydroxyl groups is 1. The van der Waals surface area contributed by atoms with Crippen LogP contribution in [0.5, 0.6) is 5.75 Å². The predicted octanol–water partition coefficient (Wildman–Crippen LogP) is 3.62. The molecule has 86 valence electrons. The molecule has 0 radical (unpaired) electrons. The predicted molar refractivity (Wildman–Crippen MR) is 69.4 cm³/mol. The van der Waals surface area contributed by atoms with Crippen molar-refractivity contribution in [2.75, 3.05) is 0 Å². The fourth-order valence-electron chi connectivity index (χ4n) is 1.24. The first-order chi connectivity index (χ1) is 6.32. The molecule has 0 unspecified atom stereocenters. The molecule has 0 fully saturated rings. The summed E-state index contributed by atoms with van der Waals surface area (Å²) in [5.74, 6) is 0.260. The summed E-state index contributed by atoms with van der Waals surface area (Å²) in [6.45, 7) is 6.16. The third-order valence-corrected chi connectivity index (χ3v) is 2.75. The largest absolute Gasteiger partial charge is 0.508 e. The van der Waals surface area contributed by atoms with Crippen LogP contribution in [0.3, 0.4) is 0 Å². The highest BCUT2D eigenvalue weighted by Gasteiger charge is 2.24. The highest BCUT2D eigenvalue weighted by molar-refractivity contribution is 9.10. The van der Waals surface area contributed by atoms with Crippen molar-refractivity contribution < 1.29 is 5.11 Å². The van der Waals surface area contributed by atoms with Gasteiger partial charge in [0.25, 0.3) is 0 Å². The molecule has 0 aliphatic rings. The molecule has 4 heteroatoms. The Bertz CT molecular complexity index is 336. The van der Waals surface area contributed by atoms with Crippen molar-refractivity contribution in [1.82, 2.24) is 0 Å². The molecule has 0 aliphatic carbocycles. The van der Waals surface area contributed by atoms with Crippen LogP contribution in [0.4, 0.5) is 0 Å². The van der Waals surface area contributed by atoms with Gasteiger partial charge < -0.3 is 10.8 Å². The van der Waals surface area contributed by atoms with E-state index in [0.29, 0.717) is 0 Å². The van der Waals surface area contributed by atoms with Gasteiger partial charge in [0.2, 0.25) is 0 Å². The zero-order valence-corrected chi connectivity index (χ0v) is 11.5. The molecule has 0 heterocycles. The van der Waals surface area contributed by atoms with Crippen molar-refractivity contribution in [3.63, 3.8) is 0 Å². The van der Waals surface area contributed by atoms with Crippen molar-refractivity contribution in [1.29, 1.82) is 0 Å². The summed E-state index contributed by atoms with van der Waals surface area (Å²) in [6, 6.07) is 5.16. The summed E-state index contributed by atoms with van der Waals surface area (Å²) in [7, 11) is 0. The Labute approximate surface area is 105 Å². The van der Waals surface area contributed by atoms with Crippen LogP contribution < -0.4 is 5.73 Å². The minimum Gasteiger partial charge on any atom is -0.508 e. The quantitative estimate of drug-likeness (QED) is 0.831. The lowest BCUT2D eigenvalue weighted by atomic mass is 9.83. The fraction of sp³-hybridized carbons (Fsp3) is 0.455. The molecule has 1 atom stereocenters. The Morgan fingerprint density at radius 1 is 1.33 bits per heavy atom. The van der Waals surface area contributed by atoms with Crippen molar-refractivity contribution >= 4 is 28.3 Å². The standard InChI is InChI=1S/C11H16BrNO.ClH/c1-11(2,3)10(13)8-6-7(12)4-5-9(8)14;/h4-6,10,14H,13H2,1-3H3;1H/t10-;/m1./s1. The highest BCUT2D eigenvalue weighted by Crippen LogP contribution is 2.36. The fourth-order valence-corrected chi connectivity index (χ4v) is 1.62. The zero-order valence-electron chi connectivity index (χ0n) is 9.12. The molecule has 0 aliphatic heterocycles. The van der Waals surface area contributed by atoms with Crippen molar-refractivity contribution in [3.8, 4) is 5.75 Å². The van der Waals surface area contributed by atoms with Crippen LogP contribution in [0.2, 0.25) is 0 Å². The van der Waals surface area contributed by atoms with Gasteiger partial charge in [-0.05, 0) is 23.6 Å². The molecule has 0 saturated heterocycles. The van der Waals surface area contributed by atoms with Gasteiger partial charge in [-0.2, -0.15) is 0 Å². The van der Waals surface area contributed by atoms with Gasteiger partial charge in [0.05, 0.1) is 0 Å². The maximum absolute atomic E-state index is 9.67. The number of hydrogen-bond acceptors (Lipinski definition) is 2. The summed E-state index contributed by atoms with van der Waals surface area (Å²) < 4.78 is 0.935. The SMILES string of the molecule is CC(C)(C)[C@H](N)c1cc(Br)ccc1O.Cl. The van der Waals surface area contributed by atoms with E-state index in [1.54, 1.807) is 12.1 Å². The third kappa shape index (κ3) is 3.67. The Balaban J connectivity index is 0.00000196. The molecule has 0 spiro atoms. The molecule has 1 aromatic carbocycles. The van der Waals surface area contributed by atoms with Crippen LogP contribution in [0.15, 0.2) is 22.7 Å². The first-order valence-corrected chi connectivity index (χ1v) is 5.35. The van der Waals surface area contributed by atoms with Gasteiger partial charge in [0, 0.05) is 16.1 Å². The second-order valence-corrected chi connectivity index (χ2v) is 5.46. The second kappa shape index (κ2) is 5.19. The molecule has 2 nitrogen and oxygen atoms in total. The molecule has 1 aromatic rings. The lowest BCUT2D eigenvalue weighted by Gasteiger charge is -2.28. The Morgan fingerprint density at radius 3 is 2.33 bits per heavy atom. The highest BCUT2D eigenvalue weighted by atomic mass is 79.9. The smallest absolute Gasteiger partial charge is 0.120 e. The number of nitrogens with two attached hydrogens (primary N) is 1. The normalized spacial score (nSPS) is 13.1. The van der Waals surface area contributed by atoms with E-state index in [1.807, 2.05) is 6.07 Å². The molecule has 3 N–H and O–H groups in total. The average molecular weight is 295 g/mol.